The van der Waals surface area contributed by atoms with Crippen LogP contribution in [0.1, 0.15) is 32.3 Å². The summed E-state index contributed by atoms with van der Waals surface area (Å²) in [4.78, 5) is 5.08. The van der Waals surface area contributed by atoms with E-state index in [-0.39, 0.29) is 0 Å². The summed E-state index contributed by atoms with van der Waals surface area (Å²) in [5, 5.41) is 0. The van der Waals surface area contributed by atoms with Gasteiger partial charge >= 0.3 is 0 Å². The summed E-state index contributed by atoms with van der Waals surface area (Å²) in [7, 11) is 1.76. The van der Waals surface area contributed by atoms with E-state index < -0.39 is 0 Å². The van der Waals surface area contributed by atoms with E-state index in [1.165, 1.54) is 30.6 Å². The minimum absolute atomic E-state index is 0.770. The van der Waals surface area contributed by atoms with Crippen LogP contribution in [0.5, 0.6) is 5.75 Å². The van der Waals surface area contributed by atoms with E-state index in [4.69, 9.17) is 4.74 Å². The summed E-state index contributed by atoms with van der Waals surface area (Å²) in [5.74, 6) is 1.76. The number of allylic oxidation sites excluding steroid dienone is 2. The average molecular weight is 316 g/mol. The van der Waals surface area contributed by atoms with Crippen molar-refractivity contribution < 1.29 is 4.74 Å². The highest BCUT2D eigenvalue weighted by Crippen LogP contribution is 2.30. The lowest BCUT2D eigenvalue weighted by atomic mass is 10.0. The zero-order valence-electron chi connectivity index (χ0n) is 15.2. The molecular weight excluding hydrogens is 284 g/mol. The molecule has 0 aliphatic carbocycles. The smallest absolute Gasteiger partial charge is 0.142 e. The number of ether oxygens (including phenoxy) is 1. The van der Waals surface area contributed by atoms with Crippen molar-refractivity contribution in [2.75, 3.05) is 44.7 Å². The molecule has 1 heterocycles. The molecule has 1 aromatic carbocycles. The number of aryl methyl sites for hydroxylation is 1. The molecule has 0 saturated carbocycles. The first-order chi connectivity index (χ1) is 11.1. The van der Waals surface area contributed by atoms with Crippen LogP contribution in [0.3, 0.4) is 0 Å². The minimum atomic E-state index is 0.770. The molecule has 128 valence electrons. The zero-order chi connectivity index (χ0) is 16.7. The van der Waals surface area contributed by atoms with Crippen LogP contribution in [-0.4, -0.2) is 44.7 Å². The van der Waals surface area contributed by atoms with E-state index in [9.17, 15) is 0 Å². The number of benzene rings is 1. The second kappa shape index (κ2) is 8.97. The minimum Gasteiger partial charge on any atom is -0.495 e. The van der Waals surface area contributed by atoms with Crippen molar-refractivity contribution >= 4 is 5.69 Å². The fourth-order valence-corrected chi connectivity index (χ4v) is 3.30. The van der Waals surface area contributed by atoms with Crippen molar-refractivity contribution in [3.05, 3.63) is 35.9 Å². The van der Waals surface area contributed by atoms with Gasteiger partial charge in [0, 0.05) is 32.7 Å². The Balaban J connectivity index is 1.85. The number of rotatable bonds is 7. The van der Waals surface area contributed by atoms with Crippen molar-refractivity contribution in [3.8, 4) is 5.75 Å². The van der Waals surface area contributed by atoms with Gasteiger partial charge in [-0.3, -0.25) is 4.90 Å². The Labute approximate surface area is 141 Å². The predicted molar refractivity (Wildman–Crippen MR) is 99.6 cm³/mol. The number of hydrogen-bond acceptors (Lipinski definition) is 3. The highest BCUT2D eigenvalue weighted by molar-refractivity contribution is 5.60. The molecule has 0 bridgehead atoms. The van der Waals surface area contributed by atoms with E-state index in [0.717, 1.165) is 37.8 Å². The number of methoxy groups -OCH3 is 1. The number of nitrogens with zero attached hydrogens (tertiary/aromatic N) is 2. The molecule has 1 saturated heterocycles. The molecule has 3 nitrogen and oxygen atoms in total. The van der Waals surface area contributed by atoms with Gasteiger partial charge < -0.3 is 9.64 Å². The average Bonchev–Trinajstić information content (AvgIpc) is 2.56. The summed E-state index contributed by atoms with van der Waals surface area (Å²) < 4.78 is 5.54. The Morgan fingerprint density at radius 1 is 1.22 bits per heavy atom. The van der Waals surface area contributed by atoms with Crippen LogP contribution in [0.2, 0.25) is 0 Å². The fraction of sp³-hybridized carbons (Fsp3) is 0.600. The largest absolute Gasteiger partial charge is 0.495 e. The molecule has 1 aliphatic heterocycles. The van der Waals surface area contributed by atoms with Crippen LogP contribution in [0.15, 0.2) is 30.4 Å². The first kappa shape index (κ1) is 17.9. The van der Waals surface area contributed by atoms with Crippen molar-refractivity contribution in [2.24, 2.45) is 5.92 Å². The van der Waals surface area contributed by atoms with Gasteiger partial charge in [0.2, 0.25) is 0 Å². The van der Waals surface area contributed by atoms with Gasteiger partial charge in [0.25, 0.3) is 0 Å². The quantitative estimate of drug-likeness (QED) is 0.704. The molecule has 1 unspecified atom stereocenters. The van der Waals surface area contributed by atoms with Crippen LogP contribution in [0.4, 0.5) is 5.69 Å². The monoisotopic (exact) mass is 316 g/mol. The molecule has 1 atom stereocenters. The molecule has 1 aliphatic rings. The maximum atomic E-state index is 5.54. The lowest BCUT2D eigenvalue weighted by Crippen LogP contribution is -2.47. The Morgan fingerprint density at radius 3 is 2.61 bits per heavy atom. The van der Waals surface area contributed by atoms with Gasteiger partial charge in [0.05, 0.1) is 12.8 Å². The molecule has 23 heavy (non-hydrogen) atoms. The third kappa shape index (κ3) is 5.28. The summed E-state index contributed by atoms with van der Waals surface area (Å²) in [5.41, 5.74) is 2.54. The molecular formula is C20H32N2O. The normalized spacial score (nSPS) is 17.7. The third-order valence-corrected chi connectivity index (χ3v) is 4.68. The number of hydrogen-bond donors (Lipinski definition) is 0. The molecule has 1 aromatic rings. The van der Waals surface area contributed by atoms with E-state index in [1.54, 1.807) is 7.11 Å². The Hall–Kier alpha value is -1.48. The molecule has 0 amide bonds. The van der Waals surface area contributed by atoms with E-state index in [2.05, 4.69) is 60.9 Å². The Kier molecular flexibility index (Phi) is 6.97. The first-order valence-electron chi connectivity index (χ1n) is 8.87. The molecule has 0 N–H and O–H groups in total. The second-order valence-corrected chi connectivity index (χ2v) is 6.71. The van der Waals surface area contributed by atoms with Gasteiger partial charge in [-0.2, -0.15) is 0 Å². The maximum absolute atomic E-state index is 5.54. The fourth-order valence-electron chi connectivity index (χ4n) is 3.30. The first-order valence-corrected chi connectivity index (χ1v) is 8.87. The summed E-state index contributed by atoms with van der Waals surface area (Å²) in [6.45, 7) is 12.3. The maximum Gasteiger partial charge on any atom is 0.142 e. The highest BCUT2D eigenvalue weighted by Gasteiger charge is 2.20. The van der Waals surface area contributed by atoms with Gasteiger partial charge in [-0.25, -0.2) is 0 Å². The van der Waals surface area contributed by atoms with Crippen molar-refractivity contribution in [2.45, 2.75) is 33.6 Å². The Morgan fingerprint density at radius 2 is 1.96 bits per heavy atom. The van der Waals surface area contributed by atoms with E-state index in [1.807, 2.05) is 0 Å². The highest BCUT2D eigenvalue weighted by atomic mass is 16.5. The van der Waals surface area contributed by atoms with Gasteiger partial charge in [0.1, 0.15) is 5.75 Å². The molecule has 0 aromatic heterocycles. The standard InChI is InChI=1S/C20H32N2O/c1-5-6-7-8-18(3)16-21-11-13-22(14-12-21)19-15-17(2)9-10-20(19)23-4/h5-6,9-10,15,18H,7-8,11-14,16H2,1-4H3. The number of anilines is 1. The molecule has 2 rings (SSSR count). The van der Waals surface area contributed by atoms with Crippen molar-refractivity contribution in [1.29, 1.82) is 0 Å². The predicted octanol–water partition coefficient (Wildman–Crippen LogP) is 4.12. The van der Waals surface area contributed by atoms with Crippen molar-refractivity contribution in [1.82, 2.24) is 4.90 Å². The topological polar surface area (TPSA) is 15.7 Å². The molecule has 3 heteroatoms. The lowest BCUT2D eigenvalue weighted by Gasteiger charge is -2.37. The molecule has 1 fully saturated rings. The third-order valence-electron chi connectivity index (χ3n) is 4.68. The van der Waals surface area contributed by atoms with Crippen LogP contribution in [-0.2, 0) is 0 Å². The van der Waals surface area contributed by atoms with Gasteiger partial charge in [-0.15, -0.1) is 0 Å². The molecule has 0 radical (unpaired) electrons. The van der Waals surface area contributed by atoms with Gasteiger partial charge in [-0.05, 0) is 50.3 Å². The van der Waals surface area contributed by atoms with Gasteiger partial charge in [-0.1, -0.05) is 25.1 Å². The Bertz CT molecular complexity index is 504. The molecule has 0 spiro atoms. The number of piperazine rings is 1. The summed E-state index contributed by atoms with van der Waals surface area (Å²) >= 11 is 0. The summed E-state index contributed by atoms with van der Waals surface area (Å²) in [6.07, 6.45) is 6.92. The lowest BCUT2D eigenvalue weighted by molar-refractivity contribution is 0.220. The van der Waals surface area contributed by atoms with Crippen molar-refractivity contribution in [3.63, 3.8) is 0 Å². The van der Waals surface area contributed by atoms with Crippen LogP contribution in [0, 0.1) is 12.8 Å². The summed E-state index contributed by atoms with van der Waals surface area (Å²) in [6, 6.07) is 6.44. The van der Waals surface area contributed by atoms with E-state index in [0.29, 0.717) is 0 Å². The van der Waals surface area contributed by atoms with Crippen LogP contribution in [0.25, 0.3) is 0 Å². The zero-order valence-corrected chi connectivity index (χ0v) is 15.2. The van der Waals surface area contributed by atoms with Crippen LogP contribution < -0.4 is 9.64 Å². The van der Waals surface area contributed by atoms with Crippen LogP contribution >= 0.6 is 0 Å². The SMILES string of the molecule is CC=CCCC(C)CN1CCN(c2cc(C)ccc2OC)CC1. The van der Waals surface area contributed by atoms with Gasteiger partial charge in [0.15, 0.2) is 0 Å². The second-order valence-electron chi connectivity index (χ2n) is 6.71. The van der Waals surface area contributed by atoms with E-state index >= 15 is 0 Å².